The Kier molecular flexibility index (Phi) is 7.02. The van der Waals surface area contributed by atoms with E-state index < -0.39 is 17.9 Å². The van der Waals surface area contributed by atoms with Crippen LogP contribution in [0.3, 0.4) is 0 Å². The number of hydrogen-bond acceptors (Lipinski definition) is 6. The van der Waals surface area contributed by atoms with Gasteiger partial charge in [0.25, 0.3) is 5.91 Å². The molecule has 1 atom stereocenters. The summed E-state index contributed by atoms with van der Waals surface area (Å²) in [7, 11) is 0. The lowest BCUT2D eigenvalue weighted by Crippen LogP contribution is -2.42. The van der Waals surface area contributed by atoms with Gasteiger partial charge in [0.1, 0.15) is 11.4 Å². The fraction of sp³-hybridized carbons (Fsp3) is 0.360. The number of aliphatic hydroxyl groups is 1. The third-order valence-corrected chi connectivity index (χ3v) is 5.88. The van der Waals surface area contributed by atoms with Crippen LogP contribution in [-0.4, -0.2) is 44.5 Å². The first-order chi connectivity index (χ1) is 16.6. The van der Waals surface area contributed by atoms with Crippen molar-refractivity contribution in [1.82, 2.24) is 20.3 Å². The third kappa shape index (κ3) is 6.75. The number of hydrogen-bond donors (Lipinski definition) is 2. The van der Waals surface area contributed by atoms with Gasteiger partial charge in [-0.2, -0.15) is 0 Å². The molecule has 0 unspecified atom stereocenters. The highest BCUT2D eigenvalue weighted by molar-refractivity contribution is 5.92. The molecule has 2 heterocycles. The molecule has 0 bridgehead atoms. The van der Waals surface area contributed by atoms with Gasteiger partial charge < -0.3 is 15.2 Å². The van der Waals surface area contributed by atoms with Crippen molar-refractivity contribution in [2.75, 3.05) is 6.54 Å². The Balaban J connectivity index is 1.57. The summed E-state index contributed by atoms with van der Waals surface area (Å²) in [4.78, 5) is 25.8. The Morgan fingerprint density at radius 1 is 1.14 bits per heavy atom. The predicted molar refractivity (Wildman–Crippen MR) is 121 cm³/mol. The number of halogens is 3. The summed E-state index contributed by atoms with van der Waals surface area (Å²) in [5.41, 5.74) is 1.50. The number of pyridine rings is 1. The molecule has 0 saturated heterocycles. The van der Waals surface area contributed by atoms with Crippen LogP contribution in [-0.2, 0) is 12.8 Å². The van der Waals surface area contributed by atoms with Crippen molar-refractivity contribution in [3.05, 3.63) is 71.9 Å². The minimum absolute atomic E-state index is 0.0485. The van der Waals surface area contributed by atoms with Crippen LogP contribution in [0.25, 0.3) is 11.3 Å². The van der Waals surface area contributed by atoms with Crippen molar-refractivity contribution >= 4 is 5.91 Å². The monoisotopic (exact) mass is 486 g/mol. The van der Waals surface area contributed by atoms with Gasteiger partial charge in [-0.05, 0) is 74.4 Å². The molecule has 2 aromatic heterocycles. The zero-order chi connectivity index (χ0) is 25.1. The molecule has 1 fully saturated rings. The molecule has 10 heteroatoms. The topological polar surface area (TPSA) is 97.2 Å². The number of aromatic nitrogens is 3. The highest BCUT2D eigenvalue weighted by atomic mass is 19.4. The van der Waals surface area contributed by atoms with E-state index in [2.05, 4.69) is 25.0 Å². The molecule has 3 aromatic rings. The molecule has 1 aromatic carbocycles. The number of nitrogens with zero attached hydrogens (tertiary/aromatic N) is 3. The van der Waals surface area contributed by atoms with Crippen LogP contribution in [0.4, 0.5) is 13.2 Å². The summed E-state index contributed by atoms with van der Waals surface area (Å²) in [6.07, 6.45) is 2.92. The first-order valence-corrected chi connectivity index (χ1v) is 11.2. The second-order valence-electron chi connectivity index (χ2n) is 8.80. The minimum atomic E-state index is -4.80. The number of amides is 1. The van der Waals surface area contributed by atoms with Crippen molar-refractivity contribution in [3.63, 3.8) is 0 Å². The van der Waals surface area contributed by atoms with Gasteiger partial charge in [0.2, 0.25) is 0 Å². The lowest BCUT2D eigenvalue weighted by Gasteiger charge is -2.23. The lowest BCUT2D eigenvalue weighted by molar-refractivity contribution is -0.274. The molecule has 4 rings (SSSR count). The van der Waals surface area contributed by atoms with Gasteiger partial charge in [-0.15, -0.1) is 13.2 Å². The van der Waals surface area contributed by atoms with Crippen molar-refractivity contribution < 1.29 is 27.8 Å². The van der Waals surface area contributed by atoms with Gasteiger partial charge in [0.05, 0.1) is 23.2 Å². The van der Waals surface area contributed by atoms with E-state index >= 15 is 0 Å². The molecule has 0 radical (unpaired) electrons. The van der Waals surface area contributed by atoms with Crippen molar-refractivity contribution in [3.8, 4) is 17.0 Å². The molecular formula is C25H25F3N4O3. The maximum absolute atomic E-state index is 12.7. The minimum Gasteiger partial charge on any atom is -0.406 e. The van der Waals surface area contributed by atoms with Crippen molar-refractivity contribution in [2.24, 2.45) is 5.92 Å². The van der Waals surface area contributed by atoms with E-state index in [-0.39, 0.29) is 23.9 Å². The second-order valence-corrected chi connectivity index (χ2v) is 8.80. The van der Waals surface area contributed by atoms with Gasteiger partial charge in [-0.1, -0.05) is 6.07 Å². The Morgan fingerprint density at radius 3 is 2.51 bits per heavy atom. The Labute approximate surface area is 200 Å². The molecule has 2 N–H and O–H groups in total. The first-order valence-electron chi connectivity index (χ1n) is 11.2. The number of nitrogens with one attached hydrogen (secondary N) is 1. The van der Waals surface area contributed by atoms with Crippen molar-refractivity contribution in [2.45, 2.75) is 44.6 Å². The number of carbonyl (C=O) groups excluding carboxylic acids is 1. The van der Waals surface area contributed by atoms with E-state index in [0.717, 1.165) is 18.4 Å². The largest absolute Gasteiger partial charge is 0.573 e. The molecule has 184 valence electrons. The lowest BCUT2D eigenvalue weighted by atomic mass is 10.0. The maximum atomic E-state index is 12.7. The number of ether oxygens (including phenoxy) is 1. The average Bonchev–Trinajstić information content (AvgIpc) is 3.68. The van der Waals surface area contributed by atoms with Crippen LogP contribution in [0.15, 0.2) is 55.0 Å². The van der Waals surface area contributed by atoms with Gasteiger partial charge in [0.15, 0.2) is 0 Å². The molecule has 0 spiro atoms. The molecular weight excluding hydrogens is 461 g/mol. The summed E-state index contributed by atoms with van der Waals surface area (Å²) in [6, 6.07) is 9.02. The SMILES string of the molecule is C[C@](O)(CNC(=O)c1cnc(CCc2cccnc2)c(-c2ccc(OC(F)(F)F)cc2)n1)C1CC1. The predicted octanol–water partition coefficient (Wildman–Crippen LogP) is 4.11. The maximum Gasteiger partial charge on any atom is 0.573 e. The highest BCUT2D eigenvalue weighted by Crippen LogP contribution is 2.39. The zero-order valence-corrected chi connectivity index (χ0v) is 19.0. The average molecular weight is 486 g/mol. The van der Waals surface area contributed by atoms with Crippen LogP contribution in [0.1, 0.15) is 41.5 Å². The number of alkyl halides is 3. The van der Waals surface area contributed by atoms with E-state index in [9.17, 15) is 23.1 Å². The number of aryl methyl sites for hydroxylation is 2. The molecule has 0 aliphatic heterocycles. The van der Waals surface area contributed by atoms with E-state index in [1.54, 1.807) is 19.3 Å². The van der Waals surface area contributed by atoms with Gasteiger partial charge in [-0.3, -0.25) is 14.8 Å². The van der Waals surface area contributed by atoms with Crippen LogP contribution in [0.5, 0.6) is 5.75 Å². The van der Waals surface area contributed by atoms with E-state index in [1.807, 2.05) is 12.1 Å². The summed E-state index contributed by atoms with van der Waals surface area (Å²) in [6.45, 7) is 1.77. The summed E-state index contributed by atoms with van der Waals surface area (Å²) >= 11 is 0. The van der Waals surface area contributed by atoms with Gasteiger partial charge in [0, 0.05) is 24.5 Å². The van der Waals surface area contributed by atoms with E-state index in [1.165, 1.54) is 30.5 Å². The van der Waals surface area contributed by atoms with E-state index in [4.69, 9.17) is 0 Å². The fourth-order valence-corrected chi connectivity index (χ4v) is 3.76. The smallest absolute Gasteiger partial charge is 0.406 e. The zero-order valence-electron chi connectivity index (χ0n) is 19.0. The van der Waals surface area contributed by atoms with E-state index in [0.29, 0.717) is 29.8 Å². The molecule has 1 saturated carbocycles. The molecule has 7 nitrogen and oxygen atoms in total. The Bertz CT molecular complexity index is 1160. The normalized spacial score (nSPS) is 15.3. The third-order valence-electron chi connectivity index (χ3n) is 5.88. The number of benzene rings is 1. The fourth-order valence-electron chi connectivity index (χ4n) is 3.76. The highest BCUT2D eigenvalue weighted by Gasteiger charge is 2.40. The van der Waals surface area contributed by atoms with Gasteiger partial charge >= 0.3 is 6.36 Å². The molecule has 1 amide bonds. The molecule has 1 aliphatic carbocycles. The summed E-state index contributed by atoms with van der Waals surface area (Å²) in [5.74, 6) is -0.686. The first kappa shape index (κ1) is 24.6. The van der Waals surface area contributed by atoms with Crippen LogP contribution in [0, 0.1) is 5.92 Å². The molecule has 1 aliphatic rings. The standard InChI is InChI=1S/C25H25F3N4O3/c1-24(34,18-7-8-18)15-31-23(33)21-14-30-20(11-4-16-3-2-12-29-13-16)22(32-21)17-5-9-19(10-6-17)35-25(26,27)28/h2-3,5-6,9-10,12-14,18,34H,4,7-8,11,15H2,1H3,(H,31,33)/t24-/m0/s1. The van der Waals surface area contributed by atoms with Crippen LogP contribution < -0.4 is 10.1 Å². The molecule has 35 heavy (non-hydrogen) atoms. The second kappa shape index (κ2) is 9.99. The van der Waals surface area contributed by atoms with Crippen molar-refractivity contribution in [1.29, 1.82) is 0 Å². The van der Waals surface area contributed by atoms with Gasteiger partial charge in [-0.25, -0.2) is 4.98 Å². The summed E-state index contributed by atoms with van der Waals surface area (Å²) < 4.78 is 41.5. The number of rotatable bonds is 9. The Hall–Kier alpha value is -3.53. The van der Waals surface area contributed by atoms with Crippen LogP contribution >= 0.6 is 0 Å². The summed E-state index contributed by atoms with van der Waals surface area (Å²) in [5, 5.41) is 13.2. The Morgan fingerprint density at radius 2 is 1.89 bits per heavy atom. The number of carbonyl (C=O) groups is 1. The quantitative estimate of drug-likeness (QED) is 0.473. The van der Waals surface area contributed by atoms with Crippen LogP contribution in [0.2, 0.25) is 0 Å².